The largest absolute Gasteiger partial charge is 0.396 e. The van der Waals surface area contributed by atoms with Crippen molar-refractivity contribution in [2.24, 2.45) is 5.92 Å². The second-order valence-electron chi connectivity index (χ2n) is 3.94. The zero-order valence-electron chi connectivity index (χ0n) is 9.35. The lowest BCUT2D eigenvalue weighted by molar-refractivity contribution is 0.243. The highest BCUT2D eigenvalue weighted by molar-refractivity contribution is 4.94. The second kappa shape index (κ2) is 6.48. The second-order valence-corrected chi connectivity index (χ2v) is 3.94. The average Bonchev–Trinajstić information content (AvgIpc) is 2.25. The smallest absolute Gasteiger partial charge is 0.0724 e. The fraction of sp³-hybridized carbons (Fsp3) is 0.636. The molecule has 4 nitrogen and oxygen atoms in total. The molecule has 1 aromatic heterocycles. The van der Waals surface area contributed by atoms with Crippen LogP contribution in [-0.2, 0) is 6.54 Å². The van der Waals surface area contributed by atoms with Crippen molar-refractivity contribution in [3.63, 3.8) is 0 Å². The number of hydrogen-bond acceptors (Lipinski definition) is 4. The highest BCUT2D eigenvalue weighted by Gasteiger charge is 2.11. The van der Waals surface area contributed by atoms with Crippen LogP contribution in [0.4, 0.5) is 0 Å². The van der Waals surface area contributed by atoms with E-state index in [9.17, 15) is 0 Å². The first-order valence-electron chi connectivity index (χ1n) is 5.33. The van der Waals surface area contributed by atoms with Gasteiger partial charge in [0.15, 0.2) is 0 Å². The maximum absolute atomic E-state index is 8.91. The molecular weight excluding hydrogens is 190 g/mol. The van der Waals surface area contributed by atoms with E-state index in [0.29, 0.717) is 18.5 Å². The van der Waals surface area contributed by atoms with Gasteiger partial charge in [0, 0.05) is 37.8 Å². The summed E-state index contributed by atoms with van der Waals surface area (Å²) in [6.45, 7) is 5.21. The first kappa shape index (κ1) is 12.1. The number of aliphatic hydroxyl groups excluding tert-OH is 1. The van der Waals surface area contributed by atoms with Gasteiger partial charge in [-0.2, -0.15) is 0 Å². The first-order valence-corrected chi connectivity index (χ1v) is 5.33. The van der Waals surface area contributed by atoms with Gasteiger partial charge in [-0.15, -0.1) is 0 Å². The van der Waals surface area contributed by atoms with Gasteiger partial charge in [-0.3, -0.25) is 9.97 Å². The molecule has 0 bridgehead atoms. The van der Waals surface area contributed by atoms with E-state index < -0.39 is 0 Å². The van der Waals surface area contributed by atoms with Crippen LogP contribution in [-0.4, -0.2) is 27.7 Å². The molecule has 0 saturated carbocycles. The van der Waals surface area contributed by atoms with Crippen molar-refractivity contribution < 1.29 is 5.11 Å². The SMILES string of the molecule is CC(C)C(CCO)NCc1cnccn1. The summed E-state index contributed by atoms with van der Waals surface area (Å²) in [5.74, 6) is 0.508. The van der Waals surface area contributed by atoms with E-state index >= 15 is 0 Å². The van der Waals surface area contributed by atoms with Crippen molar-refractivity contribution in [3.8, 4) is 0 Å². The number of nitrogens with one attached hydrogen (secondary N) is 1. The van der Waals surface area contributed by atoms with Gasteiger partial charge < -0.3 is 10.4 Å². The van der Waals surface area contributed by atoms with Crippen LogP contribution in [0.2, 0.25) is 0 Å². The highest BCUT2D eigenvalue weighted by atomic mass is 16.3. The van der Waals surface area contributed by atoms with Crippen molar-refractivity contribution in [1.82, 2.24) is 15.3 Å². The zero-order chi connectivity index (χ0) is 11.1. The molecule has 0 saturated heterocycles. The van der Waals surface area contributed by atoms with E-state index in [2.05, 4.69) is 29.1 Å². The van der Waals surface area contributed by atoms with Gasteiger partial charge in [-0.1, -0.05) is 13.8 Å². The molecular formula is C11H19N3O. The molecule has 1 rings (SSSR count). The van der Waals surface area contributed by atoms with Gasteiger partial charge in [0.1, 0.15) is 0 Å². The molecule has 0 aliphatic heterocycles. The Morgan fingerprint density at radius 2 is 2.20 bits per heavy atom. The van der Waals surface area contributed by atoms with Crippen molar-refractivity contribution in [2.45, 2.75) is 32.9 Å². The standard InChI is InChI=1S/C11H19N3O/c1-9(2)11(3-6-15)14-8-10-7-12-4-5-13-10/h4-5,7,9,11,14-15H,3,6,8H2,1-2H3. The summed E-state index contributed by atoms with van der Waals surface area (Å²) in [5.41, 5.74) is 0.932. The van der Waals surface area contributed by atoms with Crippen molar-refractivity contribution in [2.75, 3.05) is 6.61 Å². The molecule has 0 amide bonds. The third-order valence-corrected chi connectivity index (χ3v) is 2.41. The molecule has 1 unspecified atom stereocenters. The Morgan fingerprint density at radius 1 is 1.40 bits per heavy atom. The van der Waals surface area contributed by atoms with E-state index in [-0.39, 0.29) is 6.61 Å². The first-order chi connectivity index (χ1) is 7.24. The van der Waals surface area contributed by atoms with Gasteiger partial charge in [0.25, 0.3) is 0 Å². The molecule has 0 aromatic carbocycles. The monoisotopic (exact) mass is 209 g/mol. The fourth-order valence-corrected chi connectivity index (χ4v) is 1.47. The predicted octanol–water partition coefficient (Wildman–Crippen LogP) is 0.973. The van der Waals surface area contributed by atoms with E-state index in [1.165, 1.54) is 0 Å². The van der Waals surface area contributed by atoms with Gasteiger partial charge in [0.05, 0.1) is 5.69 Å². The topological polar surface area (TPSA) is 58.0 Å². The number of aromatic nitrogens is 2. The minimum Gasteiger partial charge on any atom is -0.396 e. The Bertz CT molecular complexity index is 264. The lowest BCUT2D eigenvalue weighted by Crippen LogP contribution is -2.34. The summed E-state index contributed by atoms with van der Waals surface area (Å²) >= 11 is 0. The summed E-state index contributed by atoms with van der Waals surface area (Å²) in [4.78, 5) is 8.18. The Balaban J connectivity index is 2.40. The van der Waals surface area contributed by atoms with Gasteiger partial charge in [-0.05, 0) is 12.3 Å². The highest BCUT2D eigenvalue weighted by Crippen LogP contribution is 2.06. The predicted molar refractivity (Wildman–Crippen MR) is 59.2 cm³/mol. The number of nitrogens with zero attached hydrogens (tertiary/aromatic N) is 2. The molecule has 15 heavy (non-hydrogen) atoms. The molecule has 84 valence electrons. The lowest BCUT2D eigenvalue weighted by Gasteiger charge is -2.21. The number of hydrogen-bond donors (Lipinski definition) is 2. The minimum atomic E-state index is 0.219. The number of rotatable bonds is 6. The van der Waals surface area contributed by atoms with Crippen LogP contribution in [0.25, 0.3) is 0 Å². The molecule has 1 atom stereocenters. The Labute approximate surface area is 90.8 Å². The maximum Gasteiger partial charge on any atom is 0.0724 e. The summed E-state index contributed by atoms with van der Waals surface area (Å²) in [6.07, 6.45) is 5.88. The summed E-state index contributed by atoms with van der Waals surface area (Å²) < 4.78 is 0. The van der Waals surface area contributed by atoms with E-state index in [1.807, 2.05) is 0 Å². The maximum atomic E-state index is 8.91. The Morgan fingerprint density at radius 3 is 2.73 bits per heavy atom. The Kier molecular flexibility index (Phi) is 5.21. The van der Waals surface area contributed by atoms with E-state index in [0.717, 1.165) is 12.1 Å². The molecule has 0 spiro atoms. The van der Waals surface area contributed by atoms with Crippen LogP contribution in [0.1, 0.15) is 26.0 Å². The van der Waals surface area contributed by atoms with Crippen LogP contribution in [0.3, 0.4) is 0 Å². The van der Waals surface area contributed by atoms with Crippen LogP contribution in [0.5, 0.6) is 0 Å². The van der Waals surface area contributed by atoms with Crippen LogP contribution in [0.15, 0.2) is 18.6 Å². The van der Waals surface area contributed by atoms with Crippen LogP contribution >= 0.6 is 0 Å². The van der Waals surface area contributed by atoms with Crippen molar-refractivity contribution in [1.29, 1.82) is 0 Å². The quantitative estimate of drug-likeness (QED) is 0.733. The molecule has 0 fully saturated rings. The molecule has 0 radical (unpaired) electrons. The molecule has 1 heterocycles. The molecule has 4 heteroatoms. The molecule has 2 N–H and O–H groups in total. The summed E-state index contributed by atoms with van der Waals surface area (Å²) in [7, 11) is 0. The van der Waals surface area contributed by atoms with Crippen molar-refractivity contribution in [3.05, 3.63) is 24.3 Å². The fourth-order valence-electron chi connectivity index (χ4n) is 1.47. The van der Waals surface area contributed by atoms with E-state index in [4.69, 9.17) is 5.11 Å². The minimum absolute atomic E-state index is 0.219. The Hall–Kier alpha value is -1.00. The number of aliphatic hydroxyl groups is 1. The third-order valence-electron chi connectivity index (χ3n) is 2.41. The van der Waals surface area contributed by atoms with Crippen molar-refractivity contribution >= 4 is 0 Å². The van der Waals surface area contributed by atoms with Gasteiger partial charge in [0.2, 0.25) is 0 Å². The van der Waals surface area contributed by atoms with E-state index in [1.54, 1.807) is 18.6 Å². The summed E-state index contributed by atoms with van der Waals surface area (Å²) in [6, 6.07) is 0.331. The normalized spacial score (nSPS) is 13.1. The summed E-state index contributed by atoms with van der Waals surface area (Å²) in [5, 5.41) is 12.3. The van der Waals surface area contributed by atoms with Crippen LogP contribution in [0, 0.1) is 5.92 Å². The van der Waals surface area contributed by atoms with Gasteiger partial charge >= 0.3 is 0 Å². The van der Waals surface area contributed by atoms with Crippen LogP contribution < -0.4 is 5.32 Å². The third kappa shape index (κ3) is 4.36. The molecule has 1 aromatic rings. The van der Waals surface area contributed by atoms with Gasteiger partial charge in [-0.25, -0.2) is 0 Å². The average molecular weight is 209 g/mol. The lowest BCUT2D eigenvalue weighted by atomic mass is 10.0. The molecule has 0 aliphatic carbocycles. The molecule has 0 aliphatic rings. The zero-order valence-corrected chi connectivity index (χ0v) is 9.35.